The van der Waals surface area contributed by atoms with Gasteiger partial charge in [0.25, 0.3) is 0 Å². The maximum atomic E-state index is 8.96. The molecule has 2 rings (SSSR count). The van der Waals surface area contributed by atoms with Gasteiger partial charge >= 0.3 is 0 Å². The first-order valence-corrected chi connectivity index (χ1v) is 7.51. The van der Waals surface area contributed by atoms with Crippen LogP contribution in [0.2, 0.25) is 0 Å². The van der Waals surface area contributed by atoms with Crippen LogP contribution in [0.5, 0.6) is 0 Å². The Bertz CT molecular complexity index is 640. The molecule has 0 bridgehead atoms. The average molecular weight is 297 g/mol. The van der Waals surface area contributed by atoms with Crippen molar-refractivity contribution in [3.05, 3.63) is 47.7 Å². The first-order chi connectivity index (χ1) is 10.6. The van der Waals surface area contributed by atoms with E-state index in [2.05, 4.69) is 37.0 Å². The first-order valence-electron chi connectivity index (χ1n) is 7.51. The fourth-order valence-corrected chi connectivity index (χ4v) is 2.36. The molecule has 0 aliphatic carbocycles. The summed E-state index contributed by atoms with van der Waals surface area (Å²) in [7, 11) is 6.29. The highest BCUT2D eigenvalue weighted by Crippen LogP contribution is 2.23. The normalized spacial score (nSPS) is 11.1. The number of furan rings is 1. The van der Waals surface area contributed by atoms with E-state index in [1.165, 1.54) is 0 Å². The van der Waals surface area contributed by atoms with Crippen molar-refractivity contribution >= 4 is 0 Å². The Kier molecular flexibility index (Phi) is 5.76. The average Bonchev–Trinajstić information content (AvgIpc) is 2.95. The fourth-order valence-electron chi connectivity index (χ4n) is 2.36. The van der Waals surface area contributed by atoms with Crippen LogP contribution < -0.4 is 0 Å². The quantitative estimate of drug-likeness (QED) is 0.787. The van der Waals surface area contributed by atoms with Gasteiger partial charge in [0, 0.05) is 5.56 Å². The molecule has 0 saturated heterocycles. The Morgan fingerprint density at radius 1 is 1.09 bits per heavy atom. The van der Waals surface area contributed by atoms with Gasteiger partial charge in [-0.05, 0) is 64.9 Å². The molecule has 1 aromatic carbocycles. The summed E-state index contributed by atoms with van der Waals surface area (Å²) in [5, 5.41) is 8.96. The lowest BCUT2D eigenvalue weighted by Crippen LogP contribution is -2.23. The van der Waals surface area contributed by atoms with Crippen LogP contribution in [-0.4, -0.2) is 44.0 Å². The molecule has 0 fully saturated rings. The molecule has 22 heavy (non-hydrogen) atoms. The van der Waals surface area contributed by atoms with Gasteiger partial charge in [0.05, 0.1) is 18.2 Å². The summed E-state index contributed by atoms with van der Waals surface area (Å²) in [4.78, 5) is 4.46. The monoisotopic (exact) mass is 297 g/mol. The predicted molar refractivity (Wildman–Crippen MR) is 88.4 cm³/mol. The predicted octanol–water partition coefficient (Wildman–Crippen LogP) is 3.20. The van der Waals surface area contributed by atoms with Crippen molar-refractivity contribution in [1.29, 1.82) is 5.26 Å². The minimum absolute atomic E-state index is 0.649. The Labute approximate surface area is 132 Å². The summed E-state index contributed by atoms with van der Waals surface area (Å²) in [6, 6.07) is 13.6. The van der Waals surface area contributed by atoms with Gasteiger partial charge in [-0.2, -0.15) is 5.26 Å². The lowest BCUT2D eigenvalue weighted by Gasteiger charge is -2.16. The number of rotatable bonds is 7. The Morgan fingerprint density at radius 2 is 1.91 bits per heavy atom. The third kappa shape index (κ3) is 4.73. The summed E-state index contributed by atoms with van der Waals surface area (Å²) in [6.45, 7) is 2.93. The van der Waals surface area contributed by atoms with E-state index in [-0.39, 0.29) is 0 Å². The zero-order chi connectivity index (χ0) is 15.9. The van der Waals surface area contributed by atoms with Crippen molar-refractivity contribution in [2.75, 3.05) is 34.2 Å². The van der Waals surface area contributed by atoms with Crippen LogP contribution in [0.15, 0.2) is 40.8 Å². The Morgan fingerprint density at radius 3 is 2.64 bits per heavy atom. The van der Waals surface area contributed by atoms with Gasteiger partial charge in [-0.25, -0.2) is 0 Å². The van der Waals surface area contributed by atoms with E-state index in [9.17, 15) is 0 Å². The summed E-state index contributed by atoms with van der Waals surface area (Å²) in [5.41, 5.74) is 1.59. The van der Waals surface area contributed by atoms with Crippen molar-refractivity contribution < 1.29 is 4.42 Å². The van der Waals surface area contributed by atoms with E-state index in [1.807, 2.05) is 30.3 Å². The zero-order valence-electron chi connectivity index (χ0n) is 13.5. The van der Waals surface area contributed by atoms with Crippen LogP contribution in [0.4, 0.5) is 0 Å². The molecule has 2 aromatic rings. The molecule has 0 unspecified atom stereocenters. The number of benzene rings is 1. The van der Waals surface area contributed by atoms with Crippen molar-refractivity contribution in [3.63, 3.8) is 0 Å². The minimum atomic E-state index is 0.649. The van der Waals surface area contributed by atoms with Crippen LogP contribution >= 0.6 is 0 Å². The molecule has 0 amide bonds. The molecule has 0 aliphatic heterocycles. The highest BCUT2D eigenvalue weighted by atomic mass is 16.3. The van der Waals surface area contributed by atoms with Gasteiger partial charge in [0.2, 0.25) is 0 Å². The van der Waals surface area contributed by atoms with E-state index in [1.54, 1.807) is 6.07 Å². The van der Waals surface area contributed by atoms with E-state index in [0.717, 1.165) is 43.1 Å². The number of hydrogen-bond donors (Lipinski definition) is 0. The number of nitrogens with zero attached hydrogens (tertiary/aromatic N) is 3. The van der Waals surface area contributed by atoms with Gasteiger partial charge in [-0.15, -0.1) is 0 Å². The van der Waals surface area contributed by atoms with Crippen molar-refractivity contribution in [2.45, 2.75) is 13.0 Å². The molecule has 116 valence electrons. The largest absolute Gasteiger partial charge is 0.460 e. The molecule has 1 heterocycles. The molecule has 0 N–H and O–H groups in total. The zero-order valence-corrected chi connectivity index (χ0v) is 13.5. The molecule has 0 spiro atoms. The molecule has 0 atom stereocenters. The second-order valence-corrected chi connectivity index (χ2v) is 5.85. The van der Waals surface area contributed by atoms with E-state index in [0.29, 0.717) is 5.56 Å². The standard InChI is InChI=1S/C18H23N3O/c1-20(2)10-5-11-21(3)14-17-8-9-18(22-17)16-7-4-6-15(12-16)13-19/h4,6-9,12H,5,10-11,14H2,1-3H3. The second kappa shape index (κ2) is 7.79. The van der Waals surface area contributed by atoms with Crippen LogP contribution in [0.25, 0.3) is 11.3 Å². The summed E-state index contributed by atoms with van der Waals surface area (Å²) in [5.74, 6) is 1.76. The van der Waals surface area contributed by atoms with Crippen LogP contribution in [0, 0.1) is 11.3 Å². The van der Waals surface area contributed by atoms with Gasteiger partial charge in [0.1, 0.15) is 11.5 Å². The van der Waals surface area contributed by atoms with Gasteiger partial charge < -0.3 is 9.32 Å². The summed E-state index contributed by atoms with van der Waals surface area (Å²) in [6.07, 6.45) is 1.14. The summed E-state index contributed by atoms with van der Waals surface area (Å²) >= 11 is 0. The molecule has 0 saturated carbocycles. The number of nitriles is 1. The summed E-state index contributed by atoms with van der Waals surface area (Å²) < 4.78 is 5.91. The minimum Gasteiger partial charge on any atom is -0.460 e. The van der Waals surface area contributed by atoms with Crippen LogP contribution in [0.3, 0.4) is 0 Å². The molecule has 0 radical (unpaired) electrons. The van der Waals surface area contributed by atoms with Crippen LogP contribution in [0.1, 0.15) is 17.7 Å². The third-order valence-corrected chi connectivity index (χ3v) is 3.51. The molecule has 0 aliphatic rings. The second-order valence-electron chi connectivity index (χ2n) is 5.85. The third-order valence-electron chi connectivity index (χ3n) is 3.51. The van der Waals surface area contributed by atoms with Crippen molar-refractivity contribution in [3.8, 4) is 17.4 Å². The van der Waals surface area contributed by atoms with Crippen molar-refractivity contribution in [1.82, 2.24) is 9.80 Å². The number of hydrogen-bond acceptors (Lipinski definition) is 4. The SMILES string of the molecule is CN(C)CCCN(C)Cc1ccc(-c2cccc(C#N)c2)o1. The molecule has 4 heteroatoms. The fraction of sp³-hybridized carbons (Fsp3) is 0.389. The topological polar surface area (TPSA) is 43.4 Å². The van der Waals surface area contributed by atoms with E-state index >= 15 is 0 Å². The first kappa shape index (κ1) is 16.3. The smallest absolute Gasteiger partial charge is 0.134 e. The van der Waals surface area contributed by atoms with Gasteiger partial charge in [-0.3, -0.25) is 4.90 Å². The van der Waals surface area contributed by atoms with E-state index in [4.69, 9.17) is 9.68 Å². The molecule has 4 nitrogen and oxygen atoms in total. The highest BCUT2D eigenvalue weighted by Gasteiger charge is 2.08. The lowest BCUT2D eigenvalue weighted by atomic mass is 10.1. The Balaban J connectivity index is 1.95. The van der Waals surface area contributed by atoms with E-state index < -0.39 is 0 Å². The lowest BCUT2D eigenvalue weighted by molar-refractivity contribution is 0.274. The highest BCUT2D eigenvalue weighted by molar-refractivity contribution is 5.60. The Hall–Kier alpha value is -2.09. The van der Waals surface area contributed by atoms with Crippen LogP contribution in [-0.2, 0) is 6.54 Å². The maximum absolute atomic E-state index is 8.96. The molecular weight excluding hydrogens is 274 g/mol. The molecular formula is C18H23N3O. The van der Waals surface area contributed by atoms with Gasteiger partial charge in [-0.1, -0.05) is 12.1 Å². The van der Waals surface area contributed by atoms with Gasteiger partial charge in [0.15, 0.2) is 0 Å². The maximum Gasteiger partial charge on any atom is 0.134 e. The van der Waals surface area contributed by atoms with Crippen molar-refractivity contribution in [2.24, 2.45) is 0 Å². The molecule has 1 aromatic heterocycles.